The van der Waals surface area contributed by atoms with Crippen LogP contribution in [-0.2, 0) is 0 Å². The summed E-state index contributed by atoms with van der Waals surface area (Å²) in [5.41, 5.74) is 0.368. The van der Waals surface area contributed by atoms with E-state index in [0.29, 0.717) is 10.6 Å². The van der Waals surface area contributed by atoms with Crippen molar-refractivity contribution in [2.24, 2.45) is 0 Å². The van der Waals surface area contributed by atoms with E-state index in [1.165, 1.54) is 24.3 Å². The summed E-state index contributed by atoms with van der Waals surface area (Å²) in [6, 6.07) is 3.51. The number of thiophene rings is 1. The second-order valence-corrected chi connectivity index (χ2v) is 3.42. The van der Waals surface area contributed by atoms with Gasteiger partial charge in [-0.3, -0.25) is 10.2 Å². The van der Waals surface area contributed by atoms with Crippen LogP contribution in [0.5, 0.6) is 0 Å². The molecule has 0 unspecified atom stereocenters. The van der Waals surface area contributed by atoms with Gasteiger partial charge >= 0.3 is 0 Å². The Morgan fingerprint density at radius 1 is 1.58 bits per heavy atom. The Morgan fingerprint density at radius 3 is 2.58 bits per heavy atom. The first-order chi connectivity index (χ1) is 5.65. The minimum atomic E-state index is 0.0445. The maximum absolute atomic E-state index is 10.9. The van der Waals surface area contributed by atoms with Gasteiger partial charge in [0.25, 0.3) is 0 Å². The molecule has 1 aromatic heterocycles. The topological polar surface area (TPSA) is 40.9 Å². The Balaban J connectivity index is 2.99. The zero-order chi connectivity index (χ0) is 9.14. The standard InChI is InChI=1S/C9H9NOS/c1-3-7(10)9-5-4-8(12-9)6(2)11/h3-5,10H,1H2,2H3. The normalized spacial score (nSPS) is 9.42. The molecule has 0 aliphatic carbocycles. The molecule has 1 aromatic rings. The summed E-state index contributed by atoms with van der Waals surface area (Å²) < 4.78 is 0. The summed E-state index contributed by atoms with van der Waals surface area (Å²) in [4.78, 5) is 12.4. The fraction of sp³-hybridized carbons (Fsp3) is 0.111. The zero-order valence-corrected chi connectivity index (χ0v) is 7.57. The van der Waals surface area contributed by atoms with E-state index in [2.05, 4.69) is 6.58 Å². The monoisotopic (exact) mass is 179 g/mol. The number of nitrogens with one attached hydrogen (secondary N) is 1. The fourth-order valence-corrected chi connectivity index (χ4v) is 1.62. The summed E-state index contributed by atoms with van der Waals surface area (Å²) in [6.45, 7) is 5.01. The molecule has 0 radical (unpaired) electrons. The largest absolute Gasteiger partial charge is 0.299 e. The van der Waals surface area contributed by atoms with Crippen LogP contribution in [0.3, 0.4) is 0 Å². The average molecular weight is 179 g/mol. The van der Waals surface area contributed by atoms with E-state index in [-0.39, 0.29) is 5.78 Å². The van der Waals surface area contributed by atoms with Crippen molar-refractivity contribution in [1.82, 2.24) is 0 Å². The fourth-order valence-electron chi connectivity index (χ4n) is 0.772. The van der Waals surface area contributed by atoms with Crippen LogP contribution < -0.4 is 0 Å². The van der Waals surface area contributed by atoms with Gasteiger partial charge in [-0.15, -0.1) is 11.3 Å². The van der Waals surface area contributed by atoms with Crippen molar-refractivity contribution in [2.45, 2.75) is 6.92 Å². The van der Waals surface area contributed by atoms with Crippen LogP contribution in [0.25, 0.3) is 0 Å². The molecule has 0 aliphatic heterocycles. The molecule has 1 rings (SSSR count). The minimum absolute atomic E-state index is 0.0445. The van der Waals surface area contributed by atoms with Crippen LogP contribution >= 0.6 is 11.3 Å². The molecule has 2 nitrogen and oxygen atoms in total. The molecule has 0 spiro atoms. The predicted octanol–water partition coefficient (Wildman–Crippen LogP) is 2.50. The first-order valence-electron chi connectivity index (χ1n) is 3.47. The van der Waals surface area contributed by atoms with Crippen molar-refractivity contribution in [3.05, 3.63) is 34.5 Å². The lowest BCUT2D eigenvalue weighted by Crippen LogP contribution is -1.87. The highest BCUT2D eigenvalue weighted by Gasteiger charge is 2.05. The molecule has 1 heterocycles. The van der Waals surface area contributed by atoms with Gasteiger partial charge in [0.15, 0.2) is 5.78 Å². The number of carbonyl (C=O) groups is 1. The smallest absolute Gasteiger partial charge is 0.169 e. The molecule has 3 heteroatoms. The lowest BCUT2D eigenvalue weighted by Gasteiger charge is -1.88. The van der Waals surface area contributed by atoms with Gasteiger partial charge in [-0.25, -0.2) is 0 Å². The van der Waals surface area contributed by atoms with Gasteiger partial charge < -0.3 is 0 Å². The number of allylic oxidation sites excluding steroid dienone is 1. The molecule has 62 valence electrons. The Bertz CT molecular complexity index is 338. The highest BCUT2D eigenvalue weighted by atomic mass is 32.1. The van der Waals surface area contributed by atoms with Crippen molar-refractivity contribution in [1.29, 1.82) is 5.41 Å². The first kappa shape index (κ1) is 8.87. The SMILES string of the molecule is C=CC(=N)c1ccc(C(C)=O)s1. The minimum Gasteiger partial charge on any atom is -0.299 e. The third kappa shape index (κ3) is 1.68. The summed E-state index contributed by atoms with van der Waals surface area (Å²) in [5.74, 6) is 0.0445. The van der Waals surface area contributed by atoms with E-state index in [0.717, 1.165) is 4.88 Å². The molecule has 0 saturated carbocycles. The van der Waals surface area contributed by atoms with Crippen molar-refractivity contribution < 1.29 is 4.79 Å². The van der Waals surface area contributed by atoms with Crippen LogP contribution in [0.2, 0.25) is 0 Å². The molecule has 12 heavy (non-hydrogen) atoms. The van der Waals surface area contributed by atoms with Crippen LogP contribution in [0.15, 0.2) is 24.8 Å². The second-order valence-electron chi connectivity index (χ2n) is 2.34. The Morgan fingerprint density at radius 2 is 2.17 bits per heavy atom. The van der Waals surface area contributed by atoms with Gasteiger partial charge in [0.1, 0.15) is 0 Å². The first-order valence-corrected chi connectivity index (χ1v) is 4.29. The maximum atomic E-state index is 10.9. The quantitative estimate of drug-likeness (QED) is 0.562. The highest BCUT2D eigenvalue weighted by Crippen LogP contribution is 2.17. The van der Waals surface area contributed by atoms with E-state index in [1.807, 2.05) is 0 Å². The van der Waals surface area contributed by atoms with Gasteiger partial charge in [0.2, 0.25) is 0 Å². The van der Waals surface area contributed by atoms with Gasteiger partial charge in [-0.2, -0.15) is 0 Å². The molecule has 0 atom stereocenters. The van der Waals surface area contributed by atoms with Crippen molar-refractivity contribution in [3.63, 3.8) is 0 Å². The van der Waals surface area contributed by atoms with E-state index in [4.69, 9.17) is 5.41 Å². The predicted molar refractivity (Wildman–Crippen MR) is 51.3 cm³/mol. The number of ketones is 1. The highest BCUT2D eigenvalue weighted by molar-refractivity contribution is 7.16. The van der Waals surface area contributed by atoms with Crippen molar-refractivity contribution in [3.8, 4) is 0 Å². The maximum Gasteiger partial charge on any atom is 0.169 e. The number of rotatable bonds is 3. The molecule has 0 bridgehead atoms. The van der Waals surface area contributed by atoms with Gasteiger partial charge in [-0.1, -0.05) is 6.58 Å². The van der Waals surface area contributed by atoms with Crippen LogP contribution in [-0.4, -0.2) is 11.5 Å². The Hall–Kier alpha value is -1.22. The molecular weight excluding hydrogens is 170 g/mol. The summed E-state index contributed by atoms with van der Waals surface area (Å²) in [5, 5.41) is 7.41. The lowest BCUT2D eigenvalue weighted by molar-refractivity contribution is 0.102. The number of Topliss-reactive ketones (excluding diaryl/α,β-unsaturated/α-hetero) is 1. The molecule has 0 aromatic carbocycles. The van der Waals surface area contributed by atoms with Gasteiger partial charge in [0.05, 0.1) is 15.5 Å². The van der Waals surface area contributed by atoms with E-state index < -0.39 is 0 Å². The summed E-state index contributed by atoms with van der Waals surface area (Å²) in [6.07, 6.45) is 1.47. The molecule has 0 fully saturated rings. The zero-order valence-electron chi connectivity index (χ0n) is 6.76. The number of hydrogen-bond acceptors (Lipinski definition) is 3. The van der Waals surface area contributed by atoms with Gasteiger partial charge in [-0.05, 0) is 25.1 Å². The molecule has 0 saturated heterocycles. The lowest BCUT2D eigenvalue weighted by atomic mass is 10.3. The van der Waals surface area contributed by atoms with Crippen molar-refractivity contribution >= 4 is 22.8 Å². The van der Waals surface area contributed by atoms with Crippen LogP contribution in [0.4, 0.5) is 0 Å². The Labute approximate surface area is 75.1 Å². The van der Waals surface area contributed by atoms with Crippen LogP contribution in [0.1, 0.15) is 21.5 Å². The summed E-state index contributed by atoms with van der Waals surface area (Å²) in [7, 11) is 0. The molecule has 0 aliphatic rings. The second kappa shape index (κ2) is 3.45. The van der Waals surface area contributed by atoms with Crippen molar-refractivity contribution in [2.75, 3.05) is 0 Å². The number of carbonyl (C=O) groups excluding carboxylic acids is 1. The summed E-state index contributed by atoms with van der Waals surface area (Å²) >= 11 is 1.33. The van der Waals surface area contributed by atoms with E-state index in [9.17, 15) is 4.79 Å². The molecular formula is C9H9NOS. The third-order valence-corrected chi connectivity index (χ3v) is 2.64. The van der Waals surface area contributed by atoms with Crippen LogP contribution in [0, 0.1) is 5.41 Å². The Kier molecular flexibility index (Phi) is 2.55. The van der Waals surface area contributed by atoms with E-state index in [1.54, 1.807) is 12.1 Å². The third-order valence-electron chi connectivity index (χ3n) is 1.42. The average Bonchev–Trinajstić information content (AvgIpc) is 2.51. The number of hydrogen-bond donors (Lipinski definition) is 1. The molecule has 0 amide bonds. The van der Waals surface area contributed by atoms with Gasteiger partial charge in [0, 0.05) is 0 Å². The molecule has 1 N–H and O–H groups in total. The van der Waals surface area contributed by atoms with E-state index >= 15 is 0 Å².